The third-order valence-corrected chi connectivity index (χ3v) is 3.78. The van der Waals surface area contributed by atoms with Gasteiger partial charge in [-0.05, 0) is 34.1 Å². The van der Waals surface area contributed by atoms with E-state index in [0.29, 0.717) is 31.9 Å². The summed E-state index contributed by atoms with van der Waals surface area (Å²) in [5.74, 6) is 0.374. The third-order valence-electron chi connectivity index (χ3n) is 2.96. The van der Waals surface area contributed by atoms with Crippen molar-refractivity contribution in [2.45, 2.75) is 0 Å². The Hall–Kier alpha value is -2.12. The fourth-order valence-electron chi connectivity index (χ4n) is 1.99. The summed E-state index contributed by atoms with van der Waals surface area (Å²) in [7, 11) is 0. The number of nitrogens with zero attached hydrogens (tertiary/aromatic N) is 2. The van der Waals surface area contributed by atoms with Crippen molar-refractivity contribution >= 4 is 44.3 Å². The molecule has 0 aliphatic rings. The molecule has 0 unspecified atom stereocenters. The van der Waals surface area contributed by atoms with Crippen LogP contribution in [0.15, 0.2) is 34.8 Å². The molecule has 2 aromatic carbocycles. The highest BCUT2D eigenvalue weighted by atomic mass is 79.9. The summed E-state index contributed by atoms with van der Waals surface area (Å²) in [6.07, 6.45) is 0. The molecule has 1 aromatic heterocycles. The molecule has 1 heterocycles. The van der Waals surface area contributed by atoms with E-state index in [4.69, 9.17) is 11.6 Å². The van der Waals surface area contributed by atoms with Crippen LogP contribution in [0, 0.1) is 10.1 Å². The average molecular weight is 369 g/mol. The predicted octanol–water partition coefficient (Wildman–Crippen LogP) is 4.26. The molecule has 0 amide bonds. The number of nitro benzene ring substituents is 1. The maximum atomic E-state index is 10.8. The fourth-order valence-corrected chi connectivity index (χ4v) is 2.80. The molecule has 6 nitrogen and oxygen atoms in total. The summed E-state index contributed by atoms with van der Waals surface area (Å²) in [6.45, 7) is 0. The zero-order valence-electron chi connectivity index (χ0n) is 10.3. The van der Waals surface area contributed by atoms with Crippen molar-refractivity contribution in [1.82, 2.24) is 9.97 Å². The van der Waals surface area contributed by atoms with Crippen LogP contribution in [-0.2, 0) is 0 Å². The summed E-state index contributed by atoms with van der Waals surface area (Å²) in [5, 5.41) is 21.3. The molecule has 106 valence electrons. The molecular weight excluding hydrogens is 362 g/mol. The van der Waals surface area contributed by atoms with E-state index in [9.17, 15) is 15.2 Å². The minimum atomic E-state index is -0.479. The summed E-state index contributed by atoms with van der Waals surface area (Å²) in [4.78, 5) is 17.5. The topological polar surface area (TPSA) is 92.1 Å². The Labute approximate surface area is 131 Å². The van der Waals surface area contributed by atoms with E-state index in [2.05, 4.69) is 25.9 Å². The highest BCUT2D eigenvalue weighted by Crippen LogP contribution is 2.37. The van der Waals surface area contributed by atoms with Crippen molar-refractivity contribution in [3.63, 3.8) is 0 Å². The van der Waals surface area contributed by atoms with E-state index in [1.165, 1.54) is 12.1 Å². The maximum absolute atomic E-state index is 10.8. The number of hydrogen-bond acceptors (Lipinski definition) is 4. The SMILES string of the molecule is O=[N+]([O-])c1ccc2nc(-c3cc(Cl)cc(Br)c3O)[nH]c2c1. The zero-order chi connectivity index (χ0) is 15.1. The lowest BCUT2D eigenvalue weighted by molar-refractivity contribution is -0.384. The number of aromatic hydroxyl groups is 1. The van der Waals surface area contributed by atoms with Gasteiger partial charge in [-0.2, -0.15) is 0 Å². The Morgan fingerprint density at radius 3 is 2.81 bits per heavy atom. The number of non-ortho nitro benzene ring substituents is 1. The van der Waals surface area contributed by atoms with Crippen LogP contribution in [0.25, 0.3) is 22.4 Å². The van der Waals surface area contributed by atoms with Crippen LogP contribution in [0.2, 0.25) is 5.02 Å². The second-order valence-electron chi connectivity index (χ2n) is 4.33. The molecule has 3 aromatic rings. The van der Waals surface area contributed by atoms with Gasteiger partial charge in [0.2, 0.25) is 0 Å². The lowest BCUT2D eigenvalue weighted by Crippen LogP contribution is -1.86. The molecule has 3 rings (SSSR count). The second kappa shape index (κ2) is 5.01. The third kappa shape index (κ3) is 2.45. The number of nitro groups is 1. The Kier molecular flexibility index (Phi) is 3.30. The molecule has 0 aliphatic carbocycles. The minimum Gasteiger partial charge on any atom is -0.506 e. The van der Waals surface area contributed by atoms with Gasteiger partial charge in [-0.15, -0.1) is 0 Å². The maximum Gasteiger partial charge on any atom is 0.271 e. The van der Waals surface area contributed by atoms with Crippen LogP contribution < -0.4 is 0 Å². The molecule has 0 fully saturated rings. The van der Waals surface area contributed by atoms with Crippen molar-refractivity contribution in [3.8, 4) is 17.1 Å². The van der Waals surface area contributed by atoms with Gasteiger partial charge in [0.1, 0.15) is 11.6 Å². The Morgan fingerprint density at radius 1 is 1.33 bits per heavy atom. The number of benzene rings is 2. The van der Waals surface area contributed by atoms with Crippen LogP contribution in [-0.4, -0.2) is 20.0 Å². The number of aromatic nitrogens is 2. The summed E-state index contributed by atoms with van der Waals surface area (Å²) >= 11 is 9.17. The first-order chi connectivity index (χ1) is 9.95. The van der Waals surface area contributed by atoms with Crippen LogP contribution in [0.4, 0.5) is 5.69 Å². The number of fused-ring (bicyclic) bond motifs is 1. The van der Waals surface area contributed by atoms with Gasteiger partial charge in [-0.1, -0.05) is 11.6 Å². The Balaban J connectivity index is 2.20. The fraction of sp³-hybridized carbons (Fsp3) is 0. The van der Waals surface area contributed by atoms with Crippen molar-refractivity contribution in [3.05, 3.63) is 49.9 Å². The molecule has 0 saturated carbocycles. The van der Waals surface area contributed by atoms with E-state index in [-0.39, 0.29) is 11.4 Å². The Bertz CT molecular complexity index is 878. The summed E-state index contributed by atoms with van der Waals surface area (Å²) in [6, 6.07) is 7.44. The van der Waals surface area contributed by atoms with E-state index in [0.717, 1.165) is 0 Å². The molecule has 21 heavy (non-hydrogen) atoms. The lowest BCUT2D eigenvalue weighted by atomic mass is 10.2. The van der Waals surface area contributed by atoms with E-state index in [1.54, 1.807) is 18.2 Å². The van der Waals surface area contributed by atoms with Gasteiger partial charge in [0.15, 0.2) is 0 Å². The first-order valence-corrected chi connectivity index (χ1v) is 6.95. The number of phenols is 1. The first-order valence-electron chi connectivity index (χ1n) is 5.78. The van der Waals surface area contributed by atoms with Crippen LogP contribution in [0.3, 0.4) is 0 Å². The van der Waals surface area contributed by atoms with Crippen molar-refractivity contribution in [2.75, 3.05) is 0 Å². The lowest BCUT2D eigenvalue weighted by Gasteiger charge is -2.04. The highest BCUT2D eigenvalue weighted by Gasteiger charge is 2.15. The molecule has 0 radical (unpaired) electrons. The molecule has 8 heteroatoms. The molecule has 0 saturated heterocycles. The van der Waals surface area contributed by atoms with Crippen LogP contribution in [0.1, 0.15) is 0 Å². The van der Waals surface area contributed by atoms with Gasteiger partial charge in [0, 0.05) is 17.2 Å². The van der Waals surface area contributed by atoms with Gasteiger partial charge in [0.05, 0.1) is 26.0 Å². The number of nitrogens with one attached hydrogen (secondary N) is 1. The van der Waals surface area contributed by atoms with Gasteiger partial charge < -0.3 is 10.1 Å². The second-order valence-corrected chi connectivity index (χ2v) is 5.62. The Morgan fingerprint density at radius 2 is 2.10 bits per heavy atom. The minimum absolute atomic E-state index is 0.00652. The molecule has 0 aliphatic heterocycles. The standard InChI is InChI=1S/C13H7BrClN3O3/c14-9-4-6(15)3-8(12(9)19)13-16-10-2-1-7(18(20)21)5-11(10)17-13/h1-5,19H,(H,16,17). The number of phenolic OH excluding ortho intramolecular Hbond substituents is 1. The normalized spacial score (nSPS) is 11.0. The van der Waals surface area contributed by atoms with Crippen molar-refractivity contribution in [2.24, 2.45) is 0 Å². The van der Waals surface area contributed by atoms with E-state index in [1.807, 2.05) is 0 Å². The monoisotopic (exact) mass is 367 g/mol. The quantitative estimate of drug-likeness (QED) is 0.522. The first kappa shape index (κ1) is 13.8. The predicted molar refractivity (Wildman–Crippen MR) is 82.6 cm³/mol. The van der Waals surface area contributed by atoms with Crippen LogP contribution in [0.5, 0.6) is 5.75 Å². The van der Waals surface area contributed by atoms with Crippen LogP contribution >= 0.6 is 27.5 Å². The van der Waals surface area contributed by atoms with E-state index >= 15 is 0 Å². The summed E-state index contributed by atoms with van der Waals surface area (Å²) in [5.41, 5.74) is 1.45. The van der Waals surface area contributed by atoms with Gasteiger partial charge >= 0.3 is 0 Å². The molecule has 0 atom stereocenters. The number of rotatable bonds is 2. The van der Waals surface area contributed by atoms with Crippen molar-refractivity contribution < 1.29 is 10.0 Å². The summed E-state index contributed by atoms with van der Waals surface area (Å²) < 4.78 is 0.441. The average Bonchev–Trinajstić information content (AvgIpc) is 2.85. The molecule has 2 N–H and O–H groups in total. The highest BCUT2D eigenvalue weighted by molar-refractivity contribution is 9.10. The zero-order valence-corrected chi connectivity index (χ0v) is 12.6. The van der Waals surface area contributed by atoms with Gasteiger partial charge in [-0.25, -0.2) is 4.98 Å². The smallest absolute Gasteiger partial charge is 0.271 e. The molecular formula is C13H7BrClN3O3. The van der Waals surface area contributed by atoms with Crippen molar-refractivity contribution in [1.29, 1.82) is 0 Å². The number of halogens is 2. The number of hydrogen-bond donors (Lipinski definition) is 2. The molecule has 0 bridgehead atoms. The number of H-pyrrole nitrogens is 1. The van der Waals surface area contributed by atoms with E-state index < -0.39 is 4.92 Å². The van der Waals surface area contributed by atoms with Gasteiger partial charge in [0.25, 0.3) is 5.69 Å². The number of imidazole rings is 1. The number of aromatic amines is 1. The van der Waals surface area contributed by atoms with Gasteiger partial charge in [-0.3, -0.25) is 10.1 Å². The largest absolute Gasteiger partial charge is 0.506 e. The molecule has 0 spiro atoms.